The normalized spacial score (nSPS) is 16.0. The standard InChI is InChI=1S/C16H32N4O3.HI/c1-17-16(18-8-5-9-19(2)12-13-22-3)20-10-6-14(7-11-20)15(21)23-4;/h14H,5-13H2,1-4H3,(H,17,18);1H. The van der Waals surface area contributed by atoms with Gasteiger partial charge in [0, 0.05) is 40.3 Å². The second-order valence-corrected chi connectivity index (χ2v) is 5.91. The van der Waals surface area contributed by atoms with Gasteiger partial charge in [0.15, 0.2) is 5.96 Å². The van der Waals surface area contributed by atoms with Gasteiger partial charge in [-0.2, -0.15) is 0 Å². The highest BCUT2D eigenvalue weighted by atomic mass is 127. The molecule has 1 aliphatic heterocycles. The first kappa shape index (κ1) is 23.4. The van der Waals surface area contributed by atoms with Crippen LogP contribution in [0.3, 0.4) is 0 Å². The van der Waals surface area contributed by atoms with E-state index in [2.05, 4.69) is 27.2 Å². The van der Waals surface area contributed by atoms with Crippen LogP contribution in [0.15, 0.2) is 4.99 Å². The number of carbonyl (C=O) groups is 1. The number of esters is 1. The van der Waals surface area contributed by atoms with E-state index in [9.17, 15) is 4.79 Å². The minimum atomic E-state index is -0.0910. The number of carbonyl (C=O) groups excluding carboxylic acids is 1. The molecule has 1 saturated heterocycles. The van der Waals surface area contributed by atoms with E-state index < -0.39 is 0 Å². The Kier molecular flexibility index (Phi) is 13.3. The van der Waals surface area contributed by atoms with E-state index in [4.69, 9.17) is 9.47 Å². The van der Waals surface area contributed by atoms with E-state index >= 15 is 0 Å². The monoisotopic (exact) mass is 456 g/mol. The predicted molar refractivity (Wildman–Crippen MR) is 107 cm³/mol. The summed E-state index contributed by atoms with van der Waals surface area (Å²) in [6.07, 6.45) is 2.71. The van der Waals surface area contributed by atoms with Crippen LogP contribution >= 0.6 is 24.0 Å². The van der Waals surface area contributed by atoms with E-state index in [0.717, 1.165) is 64.6 Å². The van der Waals surface area contributed by atoms with Gasteiger partial charge in [-0.15, -0.1) is 24.0 Å². The van der Waals surface area contributed by atoms with Gasteiger partial charge in [-0.25, -0.2) is 0 Å². The Morgan fingerprint density at radius 3 is 2.50 bits per heavy atom. The largest absolute Gasteiger partial charge is 0.469 e. The van der Waals surface area contributed by atoms with Crippen molar-refractivity contribution in [3.8, 4) is 0 Å². The van der Waals surface area contributed by atoms with Crippen molar-refractivity contribution in [2.24, 2.45) is 10.9 Å². The third-order valence-electron chi connectivity index (χ3n) is 4.22. The van der Waals surface area contributed by atoms with E-state index in [1.807, 2.05) is 0 Å². The molecule has 0 aromatic rings. The molecule has 0 radical (unpaired) electrons. The Morgan fingerprint density at radius 2 is 1.96 bits per heavy atom. The summed E-state index contributed by atoms with van der Waals surface area (Å²) >= 11 is 0. The first-order chi connectivity index (χ1) is 11.1. The summed E-state index contributed by atoms with van der Waals surface area (Å²) in [6, 6.07) is 0. The molecule has 1 aliphatic rings. The summed E-state index contributed by atoms with van der Waals surface area (Å²) in [5.74, 6) is 0.864. The summed E-state index contributed by atoms with van der Waals surface area (Å²) in [5, 5.41) is 3.41. The number of ether oxygens (including phenoxy) is 2. The van der Waals surface area contributed by atoms with Crippen molar-refractivity contribution in [3.63, 3.8) is 0 Å². The molecule has 0 unspecified atom stereocenters. The fraction of sp³-hybridized carbons (Fsp3) is 0.875. The number of rotatable bonds is 8. The molecule has 0 amide bonds. The quantitative estimate of drug-likeness (QED) is 0.194. The highest BCUT2D eigenvalue weighted by molar-refractivity contribution is 14.0. The first-order valence-corrected chi connectivity index (χ1v) is 8.33. The minimum Gasteiger partial charge on any atom is -0.469 e. The maximum atomic E-state index is 11.6. The van der Waals surface area contributed by atoms with Crippen molar-refractivity contribution in [1.29, 1.82) is 0 Å². The molecule has 1 N–H and O–H groups in total. The highest BCUT2D eigenvalue weighted by Gasteiger charge is 2.26. The Balaban J connectivity index is 0.00000529. The molecule has 7 nitrogen and oxygen atoms in total. The Bertz CT molecular complexity index is 374. The second kappa shape index (κ2) is 13.7. The van der Waals surface area contributed by atoms with Gasteiger partial charge in [0.05, 0.1) is 19.6 Å². The van der Waals surface area contributed by atoms with Gasteiger partial charge in [0.1, 0.15) is 0 Å². The number of nitrogens with zero attached hydrogens (tertiary/aromatic N) is 3. The van der Waals surface area contributed by atoms with Gasteiger partial charge >= 0.3 is 5.97 Å². The average molecular weight is 456 g/mol. The van der Waals surface area contributed by atoms with Gasteiger partial charge < -0.3 is 24.6 Å². The minimum absolute atomic E-state index is 0. The smallest absolute Gasteiger partial charge is 0.308 e. The molecule has 0 aromatic carbocycles. The zero-order chi connectivity index (χ0) is 17.1. The van der Waals surface area contributed by atoms with E-state index in [1.54, 1.807) is 14.2 Å². The molecular weight excluding hydrogens is 423 g/mol. The number of piperidine rings is 1. The van der Waals surface area contributed by atoms with Crippen LogP contribution in [0.5, 0.6) is 0 Å². The van der Waals surface area contributed by atoms with Crippen molar-refractivity contribution in [2.75, 3.05) is 67.6 Å². The molecular formula is C16H33IN4O3. The molecule has 8 heteroatoms. The van der Waals surface area contributed by atoms with E-state index in [-0.39, 0.29) is 35.9 Å². The first-order valence-electron chi connectivity index (χ1n) is 8.33. The van der Waals surface area contributed by atoms with Crippen molar-refractivity contribution in [3.05, 3.63) is 0 Å². The summed E-state index contributed by atoms with van der Waals surface area (Å²) in [7, 11) is 7.09. The third-order valence-corrected chi connectivity index (χ3v) is 4.22. The van der Waals surface area contributed by atoms with Crippen molar-refractivity contribution in [2.45, 2.75) is 19.3 Å². The third kappa shape index (κ3) is 8.48. The number of aliphatic imine (C=N–C) groups is 1. The van der Waals surface area contributed by atoms with Crippen molar-refractivity contribution >= 4 is 35.9 Å². The fourth-order valence-corrected chi connectivity index (χ4v) is 2.73. The van der Waals surface area contributed by atoms with Crippen LogP contribution in [-0.2, 0) is 14.3 Å². The molecule has 1 rings (SSSR count). The summed E-state index contributed by atoms with van der Waals surface area (Å²) < 4.78 is 9.90. The van der Waals surface area contributed by atoms with Gasteiger partial charge in [0.2, 0.25) is 0 Å². The van der Waals surface area contributed by atoms with Crippen LogP contribution in [0.2, 0.25) is 0 Å². The molecule has 0 spiro atoms. The lowest BCUT2D eigenvalue weighted by Crippen LogP contribution is -2.47. The highest BCUT2D eigenvalue weighted by Crippen LogP contribution is 2.18. The lowest BCUT2D eigenvalue weighted by atomic mass is 9.97. The van der Waals surface area contributed by atoms with Gasteiger partial charge in [-0.1, -0.05) is 0 Å². The van der Waals surface area contributed by atoms with Gasteiger partial charge in [-0.3, -0.25) is 9.79 Å². The number of guanidine groups is 1. The van der Waals surface area contributed by atoms with Crippen LogP contribution in [0, 0.1) is 5.92 Å². The zero-order valence-electron chi connectivity index (χ0n) is 15.4. The summed E-state index contributed by atoms with van der Waals surface area (Å²) in [6.45, 7) is 5.31. The molecule has 1 heterocycles. The van der Waals surface area contributed by atoms with Crippen LogP contribution in [0.1, 0.15) is 19.3 Å². The molecule has 0 bridgehead atoms. The van der Waals surface area contributed by atoms with Crippen LogP contribution in [0.25, 0.3) is 0 Å². The molecule has 142 valence electrons. The van der Waals surface area contributed by atoms with Crippen molar-refractivity contribution in [1.82, 2.24) is 15.1 Å². The Morgan fingerprint density at radius 1 is 1.29 bits per heavy atom. The van der Waals surface area contributed by atoms with Crippen molar-refractivity contribution < 1.29 is 14.3 Å². The second-order valence-electron chi connectivity index (χ2n) is 5.91. The predicted octanol–water partition coefficient (Wildman–Crippen LogP) is 1.03. The fourth-order valence-electron chi connectivity index (χ4n) is 2.73. The molecule has 24 heavy (non-hydrogen) atoms. The molecule has 1 fully saturated rings. The Hall–Kier alpha value is -0.610. The summed E-state index contributed by atoms with van der Waals surface area (Å²) in [4.78, 5) is 20.4. The number of likely N-dealkylation sites (tertiary alicyclic amines) is 1. The lowest BCUT2D eigenvalue weighted by Gasteiger charge is -2.33. The van der Waals surface area contributed by atoms with Crippen LogP contribution < -0.4 is 5.32 Å². The SMILES string of the molecule is CN=C(NCCCN(C)CCOC)N1CCC(C(=O)OC)CC1.I. The summed E-state index contributed by atoms with van der Waals surface area (Å²) in [5.41, 5.74) is 0. The topological polar surface area (TPSA) is 66.4 Å². The molecule has 0 aliphatic carbocycles. The number of nitrogens with one attached hydrogen (secondary N) is 1. The number of methoxy groups -OCH3 is 2. The lowest BCUT2D eigenvalue weighted by molar-refractivity contribution is -0.146. The number of halogens is 1. The van der Waals surface area contributed by atoms with E-state index in [1.165, 1.54) is 7.11 Å². The van der Waals surface area contributed by atoms with Gasteiger partial charge in [-0.05, 0) is 32.9 Å². The zero-order valence-corrected chi connectivity index (χ0v) is 17.7. The maximum Gasteiger partial charge on any atom is 0.308 e. The van der Waals surface area contributed by atoms with Crippen LogP contribution in [0.4, 0.5) is 0 Å². The molecule has 0 saturated carbocycles. The average Bonchev–Trinajstić information content (AvgIpc) is 2.59. The number of hydrogen-bond acceptors (Lipinski definition) is 5. The number of likely N-dealkylation sites (N-methyl/N-ethyl adjacent to an activating group) is 1. The maximum absolute atomic E-state index is 11.6. The molecule has 0 aromatic heterocycles. The molecule has 0 atom stereocenters. The van der Waals surface area contributed by atoms with Gasteiger partial charge in [0.25, 0.3) is 0 Å². The number of hydrogen-bond donors (Lipinski definition) is 1. The van der Waals surface area contributed by atoms with Crippen LogP contribution in [-0.4, -0.2) is 89.4 Å². The Labute approximate surface area is 163 Å². The van der Waals surface area contributed by atoms with E-state index in [0.29, 0.717) is 0 Å².